The van der Waals surface area contributed by atoms with Crippen LogP contribution in [-0.4, -0.2) is 6.54 Å². The molecule has 0 saturated heterocycles. The van der Waals surface area contributed by atoms with Gasteiger partial charge in [-0.3, -0.25) is 0 Å². The fraction of sp³-hybridized carbons (Fsp3) is 0.286. The van der Waals surface area contributed by atoms with Crippen molar-refractivity contribution in [2.75, 3.05) is 6.54 Å². The van der Waals surface area contributed by atoms with Gasteiger partial charge in [-0.15, -0.1) is 11.3 Å². The van der Waals surface area contributed by atoms with Gasteiger partial charge in [0.25, 0.3) is 0 Å². The van der Waals surface area contributed by atoms with Crippen LogP contribution in [-0.2, 0) is 0 Å². The van der Waals surface area contributed by atoms with Gasteiger partial charge in [-0.2, -0.15) is 0 Å². The molecule has 1 aromatic carbocycles. The van der Waals surface area contributed by atoms with Gasteiger partial charge in [-0.25, -0.2) is 0 Å². The summed E-state index contributed by atoms with van der Waals surface area (Å²) in [5.41, 5.74) is 1.06. The molecule has 1 nitrogen and oxygen atoms in total. The highest BCUT2D eigenvalue weighted by Gasteiger charge is 2.19. The minimum Gasteiger partial charge on any atom is -0.306 e. The number of rotatable bonds is 4. The summed E-state index contributed by atoms with van der Waals surface area (Å²) < 4.78 is 1.14. The van der Waals surface area contributed by atoms with E-state index in [1.807, 2.05) is 12.1 Å². The Morgan fingerprint density at radius 2 is 2.05 bits per heavy atom. The minimum absolute atomic E-state index is 0.102. The van der Waals surface area contributed by atoms with Gasteiger partial charge >= 0.3 is 0 Å². The van der Waals surface area contributed by atoms with Crippen LogP contribution in [0.15, 0.2) is 28.7 Å². The summed E-state index contributed by atoms with van der Waals surface area (Å²) in [5, 5.41) is 4.83. The van der Waals surface area contributed by atoms with Gasteiger partial charge in [0, 0.05) is 24.3 Å². The highest BCUT2D eigenvalue weighted by atomic mass is 79.9. The van der Waals surface area contributed by atoms with Crippen molar-refractivity contribution in [3.05, 3.63) is 54.1 Å². The zero-order valence-corrected chi connectivity index (χ0v) is 14.6. The Morgan fingerprint density at radius 1 is 1.32 bits per heavy atom. The number of nitrogens with one attached hydrogen (secondary N) is 1. The maximum absolute atomic E-state index is 6.32. The molecule has 1 atom stereocenters. The lowest BCUT2D eigenvalue weighted by atomic mass is 10.1. The van der Waals surface area contributed by atoms with E-state index in [1.165, 1.54) is 9.75 Å². The fourth-order valence-corrected chi connectivity index (χ4v) is 4.10. The van der Waals surface area contributed by atoms with Crippen LogP contribution < -0.4 is 5.32 Å². The summed E-state index contributed by atoms with van der Waals surface area (Å²) in [7, 11) is 0. The molecule has 0 fully saturated rings. The zero-order chi connectivity index (χ0) is 14.0. The molecule has 0 amide bonds. The Kier molecular flexibility index (Phi) is 5.32. The molecule has 0 aliphatic carbocycles. The molecular formula is C14H14BrCl2NS. The first-order chi connectivity index (χ1) is 9.02. The summed E-state index contributed by atoms with van der Waals surface area (Å²) in [5.74, 6) is 0. The number of benzene rings is 1. The number of aryl methyl sites for hydroxylation is 1. The average molecular weight is 379 g/mol. The standard InChI is InChI=1S/C14H14BrCl2NS/c1-3-18-14(13-7-11(15)8(2)19-13)10-5-4-9(16)6-12(10)17/h4-7,14,18H,3H2,1-2H3. The number of halogens is 3. The molecule has 0 bridgehead atoms. The second-order valence-corrected chi connectivity index (χ2v) is 7.20. The van der Waals surface area contributed by atoms with Gasteiger partial charge in [0.15, 0.2) is 0 Å². The first-order valence-corrected chi connectivity index (χ1v) is 8.33. The van der Waals surface area contributed by atoms with Gasteiger partial charge in [0.05, 0.1) is 6.04 Å². The third-order valence-corrected chi connectivity index (χ3v) is 5.61. The molecule has 1 unspecified atom stereocenters. The van der Waals surface area contributed by atoms with Crippen molar-refractivity contribution in [2.24, 2.45) is 0 Å². The first kappa shape index (κ1) is 15.3. The van der Waals surface area contributed by atoms with E-state index in [-0.39, 0.29) is 6.04 Å². The molecule has 0 aliphatic rings. The minimum atomic E-state index is 0.102. The Morgan fingerprint density at radius 3 is 2.58 bits per heavy atom. The van der Waals surface area contributed by atoms with E-state index < -0.39 is 0 Å². The Bertz CT molecular complexity index is 563. The summed E-state index contributed by atoms with van der Waals surface area (Å²) in [4.78, 5) is 2.51. The highest BCUT2D eigenvalue weighted by Crippen LogP contribution is 2.36. The van der Waals surface area contributed by atoms with Crippen molar-refractivity contribution in [3.63, 3.8) is 0 Å². The van der Waals surface area contributed by atoms with Crippen LogP contribution in [0.5, 0.6) is 0 Å². The predicted molar refractivity (Wildman–Crippen MR) is 88.7 cm³/mol. The average Bonchev–Trinajstić information content (AvgIpc) is 2.67. The largest absolute Gasteiger partial charge is 0.306 e. The highest BCUT2D eigenvalue weighted by molar-refractivity contribution is 9.10. The SMILES string of the molecule is CCNC(c1cc(Br)c(C)s1)c1ccc(Cl)cc1Cl. The fourth-order valence-electron chi connectivity index (χ4n) is 1.93. The van der Waals surface area contributed by atoms with Gasteiger partial charge in [0.1, 0.15) is 0 Å². The van der Waals surface area contributed by atoms with Crippen LogP contribution >= 0.6 is 50.5 Å². The van der Waals surface area contributed by atoms with E-state index in [9.17, 15) is 0 Å². The number of thiophene rings is 1. The summed E-state index contributed by atoms with van der Waals surface area (Å²) in [6.45, 7) is 5.06. The first-order valence-electron chi connectivity index (χ1n) is 5.97. The normalized spacial score (nSPS) is 12.7. The molecule has 1 aromatic heterocycles. The van der Waals surface area contributed by atoms with Crippen LogP contribution in [0.1, 0.15) is 28.3 Å². The number of hydrogen-bond acceptors (Lipinski definition) is 2. The molecule has 0 saturated carbocycles. The van der Waals surface area contributed by atoms with E-state index in [0.29, 0.717) is 10.0 Å². The van der Waals surface area contributed by atoms with Crippen LogP contribution in [0.25, 0.3) is 0 Å². The van der Waals surface area contributed by atoms with Crippen LogP contribution in [0.2, 0.25) is 10.0 Å². The van der Waals surface area contributed by atoms with Crippen LogP contribution in [0.3, 0.4) is 0 Å². The molecule has 0 aliphatic heterocycles. The molecule has 0 spiro atoms. The lowest BCUT2D eigenvalue weighted by Gasteiger charge is -2.18. The lowest BCUT2D eigenvalue weighted by molar-refractivity contribution is 0.640. The molecule has 1 N–H and O–H groups in total. The van der Waals surface area contributed by atoms with Gasteiger partial charge in [-0.1, -0.05) is 36.2 Å². The zero-order valence-electron chi connectivity index (χ0n) is 10.6. The van der Waals surface area contributed by atoms with Gasteiger partial charge in [0.2, 0.25) is 0 Å². The Hall–Kier alpha value is -0.0600. The smallest absolute Gasteiger partial charge is 0.0686 e. The monoisotopic (exact) mass is 377 g/mol. The topological polar surface area (TPSA) is 12.0 Å². The lowest BCUT2D eigenvalue weighted by Crippen LogP contribution is -2.21. The van der Waals surface area contributed by atoms with Crippen molar-refractivity contribution in [1.82, 2.24) is 5.32 Å². The third kappa shape index (κ3) is 3.53. The van der Waals surface area contributed by atoms with Crippen molar-refractivity contribution >= 4 is 50.5 Å². The van der Waals surface area contributed by atoms with E-state index in [1.54, 1.807) is 17.4 Å². The van der Waals surface area contributed by atoms with Crippen LogP contribution in [0, 0.1) is 6.92 Å². The summed E-state index contributed by atoms with van der Waals surface area (Å²) in [6.07, 6.45) is 0. The quantitative estimate of drug-likeness (QED) is 0.706. The summed E-state index contributed by atoms with van der Waals surface area (Å²) in [6, 6.07) is 7.91. The molecule has 1 heterocycles. The molecule has 2 aromatic rings. The second kappa shape index (κ2) is 6.59. The van der Waals surface area contributed by atoms with Gasteiger partial charge in [-0.05, 0) is 53.2 Å². The van der Waals surface area contributed by atoms with Crippen molar-refractivity contribution < 1.29 is 0 Å². The maximum Gasteiger partial charge on any atom is 0.0686 e. The summed E-state index contributed by atoms with van der Waals surface area (Å²) >= 11 is 17.6. The Balaban J connectivity index is 2.44. The van der Waals surface area contributed by atoms with E-state index in [2.05, 4.69) is 41.2 Å². The van der Waals surface area contributed by atoms with Crippen molar-refractivity contribution in [1.29, 1.82) is 0 Å². The van der Waals surface area contributed by atoms with Crippen molar-refractivity contribution in [2.45, 2.75) is 19.9 Å². The van der Waals surface area contributed by atoms with E-state index >= 15 is 0 Å². The molecule has 102 valence electrons. The van der Waals surface area contributed by atoms with Crippen LogP contribution in [0.4, 0.5) is 0 Å². The van der Waals surface area contributed by atoms with Crippen molar-refractivity contribution in [3.8, 4) is 0 Å². The van der Waals surface area contributed by atoms with E-state index in [4.69, 9.17) is 23.2 Å². The Labute approximate surface area is 136 Å². The third-order valence-electron chi connectivity index (χ3n) is 2.84. The predicted octanol–water partition coefficient (Wildman–Crippen LogP) is 5.82. The number of hydrogen-bond donors (Lipinski definition) is 1. The molecule has 5 heteroatoms. The van der Waals surface area contributed by atoms with Gasteiger partial charge < -0.3 is 5.32 Å². The molecule has 19 heavy (non-hydrogen) atoms. The van der Waals surface area contributed by atoms with E-state index in [0.717, 1.165) is 16.6 Å². The molecule has 2 rings (SSSR count). The molecular weight excluding hydrogens is 365 g/mol. The maximum atomic E-state index is 6.32. The second-order valence-electron chi connectivity index (χ2n) is 4.21. The molecule has 0 radical (unpaired) electrons.